The lowest BCUT2D eigenvalue weighted by atomic mass is 9.97. The highest BCUT2D eigenvalue weighted by molar-refractivity contribution is 6.08. The maximum atomic E-state index is 14.0. The number of H-pyrrole nitrogens is 1. The van der Waals surface area contributed by atoms with E-state index in [2.05, 4.69) is 26.1 Å². The molecule has 5 N–H and O–H groups in total. The second-order valence-electron chi connectivity index (χ2n) is 10.6. The van der Waals surface area contributed by atoms with Crippen LogP contribution in [0.25, 0.3) is 0 Å². The minimum atomic E-state index is -1.06. The molecule has 4 rings (SSSR count). The van der Waals surface area contributed by atoms with Gasteiger partial charge in [-0.25, -0.2) is 0 Å². The van der Waals surface area contributed by atoms with Crippen molar-refractivity contribution in [2.45, 2.75) is 83.5 Å². The smallest absolute Gasteiger partial charge is 0.305 e. The summed E-state index contributed by atoms with van der Waals surface area (Å²) in [5.41, 5.74) is 3.09. The van der Waals surface area contributed by atoms with Crippen molar-refractivity contribution in [3.05, 3.63) is 47.3 Å². The summed E-state index contributed by atoms with van der Waals surface area (Å²) < 4.78 is 0. The first-order chi connectivity index (χ1) is 19.1. The lowest BCUT2D eigenvalue weighted by Gasteiger charge is -2.30. The number of carboxylic acids is 1. The minimum Gasteiger partial charge on any atom is -0.481 e. The molecular formula is C28H36N6O6. The van der Waals surface area contributed by atoms with Crippen molar-refractivity contribution in [2.24, 2.45) is 5.92 Å². The molecule has 5 atom stereocenters. The summed E-state index contributed by atoms with van der Waals surface area (Å²) in [6.07, 6.45) is 3.24. The molecule has 0 fully saturated rings. The van der Waals surface area contributed by atoms with Gasteiger partial charge in [0, 0.05) is 37.7 Å². The second-order valence-corrected chi connectivity index (χ2v) is 10.6. The number of hydrogen-bond donors (Lipinski definition) is 5. The number of aromatic amines is 1. The Morgan fingerprint density at radius 2 is 1.93 bits per heavy atom. The summed E-state index contributed by atoms with van der Waals surface area (Å²) in [4.78, 5) is 65.6. The van der Waals surface area contributed by atoms with Crippen molar-refractivity contribution >= 4 is 35.3 Å². The SMILES string of the molecule is CC[C@H](C)[C@H](NC(C)=O)C(=O)NC1CCc2cccc3c2N(C1=O)[C@H](C(=O)N[C@@H](CC(=O)O)Cc1ccn[nH]1)C3. The van der Waals surface area contributed by atoms with Gasteiger partial charge in [0.1, 0.15) is 18.1 Å². The van der Waals surface area contributed by atoms with Gasteiger partial charge in [0.15, 0.2) is 0 Å². The molecule has 1 aromatic heterocycles. The third-order valence-corrected chi connectivity index (χ3v) is 7.67. The molecule has 0 spiro atoms. The number of amides is 4. The summed E-state index contributed by atoms with van der Waals surface area (Å²) in [6.45, 7) is 5.11. The lowest BCUT2D eigenvalue weighted by Crippen LogP contribution is -2.58. The molecule has 12 nitrogen and oxygen atoms in total. The average Bonchev–Trinajstić information content (AvgIpc) is 3.53. The summed E-state index contributed by atoms with van der Waals surface area (Å²) in [5.74, 6) is -2.89. The van der Waals surface area contributed by atoms with Crippen LogP contribution in [0.2, 0.25) is 0 Å². The molecule has 40 heavy (non-hydrogen) atoms. The van der Waals surface area contributed by atoms with Crippen molar-refractivity contribution in [3.63, 3.8) is 0 Å². The van der Waals surface area contributed by atoms with Crippen LogP contribution < -0.4 is 20.9 Å². The Kier molecular flexibility index (Phi) is 8.86. The summed E-state index contributed by atoms with van der Waals surface area (Å²) >= 11 is 0. The van der Waals surface area contributed by atoms with E-state index in [0.29, 0.717) is 30.6 Å². The molecule has 1 aromatic carbocycles. The fraction of sp³-hybridized carbons (Fsp3) is 0.500. The minimum absolute atomic E-state index is 0.153. The van der Waals surface area contributed by atoms with Crippen LogP contribution in [0.1, 0.15) is 56.9 Å². The number of nitrogens with one attached hydrogen (secondary N) is 4. The van der Waals surface area contributed by atoms with E-state index >= 15 is 0 Å². The Bertz CT molecular complexity index is 1280. The first kappa shape index (κ1) is 28.8. The van der Waals surface area contributed by atoms with Gasteiger partial charge >= 0.3 is 5.97 Å². The van der Waals surface area contributed by atoms with Gasteiger partial charge in [0.05, 0.1) is 12.1 Å². The molecule has 0 bridgehead atoms. The quantitative estimate of drug-likeness (QED) is 0.275. The monoisotopic (exact) mass is 552 g/mol. The zero-order valence-electron chi connectivity index (χ0n) is 22.9. The standard InChI is InChI=1S/C28H36N6O6/c1-4-15(2)24(30-16(3)35)27(39)32-21-9-8-17-6-5-7-18-12-22(34(25(17)18)28(21)40)26(38)31-20(14-23(36)37)13-19-10-11-29-33-19/h5-7,10-11,15,20-22,24H,4,8-9,12-14H2,1-3H3,(H,29,33)(H,30,35)(H,31,38)(H,32,39)(H,36,37)/t15-,20+,21?,22-,24-/m0/s1. The summed E-state index contributed by atoms with van der Waals surface area (Å²) in [7, 11) is 0. The summed E-state index contributed by atoms with van der Waals surface area (Å²) in [6, 6.07) is 4.05. The number of para-hydroxylation sites is 1. The highest BCUT2D eigenvalue weighted by Gasteiger charge is 2.45. The lowest BCUT2D eigenvalue weighted by molar-refractivity contribution is -0.138. The molecule has 12 heteroatoms. The number of hydrogen-bond acceptors (Lipinski definition) is 6. The van der Waals surface area contributed by atoms with Crippen molar-refractivity contribution in [2.75, 3.05) is 4.90 Å². The first-order valence-corrected chi connectivity index (χ1v) is 13.6. The third kappa shape index (κ3) is 6.32. The van der Waals surface area contributed by atoms with Gasteiger partial charge in [0.2, 0.25) is 23.6 Å². The van der Waals surface area contributed by atoms with Gasteiger partial charge in [-0.15, -0.1) is 0 Å². The summed E-state index contributed by atoms with van der Waals surface area (Å²) in [5, 5.41) is 24.5. The van der Waals surface area contributed by atoms with Crippen molar-refractivity contribution in [1.29, 1.82) is 0 Å². The van der Waals surface area contributed by atoms with Crippen LogP contribution in [0, 0.1) is 5.92 Å². The number of carboxylic acid groups (broad SMARTS) is 1. The number of carbonyl (C=O) groups is 5. The molecule has 2 aliphatic rings. The molecule has 2 aromatic rings. The van der Waals surface area contributed by atoms with Crippen LogP contribution in [-0.2, 0) is 43.2 Å². The molecule has 1 unspecified atom stereocenters. The van der Waals surface area contributed by atoms with Crippen LogP contribution in [0.4, 0.5) is 5.69 Å². The Balaban J connectivity index is 1.58. The molecule has 0 radical (unpaired) electrons. The van der Waals surface area contributed by atoms with Crippen molar-refractivity contribution < 1.29 is 29.1 Å². The van der Waals surface area contributed by atoms with E-state index in [1.807, 2.05) is 32.0 Å². The van der Waals surface area contributed by atoms with E-state index in [-0.39, 0.29) is 31.1 Å². The maximum Gasteiger partial charge on any atom is 0.305 e. The van der Waals surface area contributed by atoms with E-state index in [1.165, 1.54) is 11.8 Å². The van der Waals surface area contributed by atoms with Gasteiger partial charge in [-0.1, -0.05) is 38.5 Å². The van der Waals surface area contributed by atoms with Gasteiger partial charge in [-0.3, -0.25) is 34.0 Å². The molecular weight excluding hydrogens is 516 g/mol. The predicted octanol–water partition coefficient (Wildman–Crippen LogP) is 0.851. The number of anilines is 1. The van der Waals surface area contributed by atoms with Gasteiger partial charge in [-0.2, -0.15) is 5.10 Å². The number of aryl methyl sites for hydroxylation is 1. The van der Waals surface area contributed by atoms with E-state index in [4.69, 9.17) is 0 Å². The highest BCUT2D eigenvalue weighted by Crippen LogP contribution is 2.39. The number of rotatable bonds is 11. The van der Waals surface area contributed by atoms with Gasteiger partial charge in [-0.05, 0) is 36.0 Å². The zero-order valence-corrected chi connectivity index (χ0v) is 22.9. The Labute approximate surface area is 232 Å². The van der Waals surface area contributed by atoms with E-state index in [9.17, 15) is 29.1 Å². The van der Waals surface area contributed by atoms with E-state index < -0.39 is 47.9 Å². The molecule has 0 aliphatic carbocycles. The van der Waals surface area contributed by atoms with Crippen LogP contribution in [-0.4, -0.2) is 69.1 Å². The van der Waals surface area contributed by atoms with E-state index in [1.54, 1.807) is 12.3 Å². The largest absolute Gasteiger partial charge is 0.481 e. The Morgan fingerprint density at radius 3 is 2.58 bits per heavy atom. The number of nitrogens with zero attached hydrogens (tertiary/aromatic N) is 2. The maximum absolute atomic E-state index is 14.0. The molecule has 2 aliphatic heterocycles. The van der Waals surface area contributed by atoms with Crippen LogP contribution in [0.15, 0.2) is 30.5 Å². The number of benzene rings is 1. The van der Waals surface area contributed by atoms with Crippen LogP contribution in [0.5, 0.6) is 0 Å². The highest BCUT2D eigenvalue weighted by atomic mass is 16.4. The van der Waals surface area contributed by atoms with Crippen LogP contribution in [0.3, 0.4) is 0 Å². The Morgan fingerprint density at radius 1 is 1.18 bits per heavy atom. The van der Waals surface area contributed by atoms with Crippen LogP contribution >= 0.6 is 0 Å². The Hall–Kier alpha value is -4.22. The second kappa shape index (κ2) is 12.3. The van der Waals surface area contributed by atoms with Gasteiger partial charge < -0.3 is 21.1 Å². The van der Waals surface area contributed by atoms with Crippen molar-refractivity contribution in [3.8, 4) is 0 Å². The number of aromatic nitrogens is 2. The fourth-order valence-electron chi connectivity index (χ4n) is 5.50. The number of aliphatic carboxylic acids is 1. The fourth-order valence-corrected chi connectivity index (χ4v) is 5.50. The first-order valence-electron chi connectivity index (χ1n) is 13.6. The molecule has 3 heterocycles. The molecule has 214 valence electrons. The number of carbonyl (C=O) groups excluding carboxylic acids is 4. The topological polar surface area (TPSA) is 174 Å². The van der Waals surface area contributed by atoms with Crippen molar-refractivity contribution in [1.82, 2.24) is 26.1 Å². The molecule has 4 amide bonds. The molecule has 0 saturated heterocycles. The third-order valence-electron chi connectivity index (χ3n) is 7.67. The molecule has 0 saturated carbocycles. The van der Waals surface area contributed by atoms with E-state index in [0.717, 1.165) is 11.1 Å². The average molecular weight is 553 g/mol. The zero-order chi connectivity index (χ0) is 29.0. The normalized spacial score (nSPS) is 20.1. The van der Waals surface area contributed by atoms with Gasteiger partial charge in [0.25, 0.3) is 0 Å². The predicted molar refractivity (Wildman–Crippen MR) is 145 cm³/mol.